The second-order valence-electron chi connectivity index (χ2n) is 6.28. The number of ether oxygens (including phenoxy) is 1. The van der Waals surface area contributed by atoms with Crippen molar-refractivity contribution < 1.29 is 4.74 Å². The lowest BCUT2D eigenvalue weighted by Gasteiger charge is -2.43. The molecular weight excluding hydrogens is 306 g/mol. The normalized spacial score (nSPS) is 25.3. The summed E-state index contributed by atoms with van der Waals surface area (Å²) < 4.78 is 7.96. The van der Waals surface area contributed by atoms with Gasteiger partial charge in [-0.3, -0.25) is 9.47 Å². The molecule has 1 aromatic carbocycles. The van der Waals surface area contributed by atoms with Crippen LogP contribution in [0.5, 0.6) is 0 Å². The average molecular weight is 329 g/mol. The van der Waals surface area contributed by atoms with Gasteiger partial charge in [0.1, 0.15) is 5.82 Å². The number of para-hydroxylation sites is 1. The topological polar surface area (TPSA) is 30.3 Å². The number of rotatable bonds is 3. The van der Waals surface area contributed by atoms with Gasteiger partial charge < -0.3 is 4.74 Å². The lowest BCUT2D eigenvalue weighted by molar-refractivity contribution is 0.0345. The third-order valence-corrected chi connectivity index (χ3v) is 6.14. The summed E-state index contributed by atoms with van der Waals surface area (Å²) >= 11 is 2.08. The van der Waals surface area contributed by atoms with Gasteiger partial charge in [0.05, 0.1) is 18.5 Å². The number of fused-ring (bicyclic) bond motifs is 1. The predicted molar refractivity (Wildman–Crippen MR) is 94.2 cm³/mol. The minimum absolute atomic E-state index is 0.631. The van der Waals surface area contributed by atoms with Crippen LogP contribution < -0.4 is 0 Å². The summed E-state index contributed by atoms with van der Waals surface area (Å²) in [5.41, 5.74) is 2.48. The number of imidazole rings is 1. The molecule has 2 saturated heterocycles. The van der Waals surface area contributed by atoms with E-state index in [0.29, 0.717) is 11.3 Å². The molecule has 0 aliphatic carbocycles. The van der Waals surface area contributed by atoms with Crippen LogP contribution in [0.3, 0.4) is 0 Å². The molecule has 0 bridgehead atoms. The Bertz CT molecular complexity index is 656. The van der Waals surface area contributed by atoms with Crippen molar-refractivity contribution in [3.8, 4) is 5.69 Å². The van der Waals surface area contributed by atoms with E-state index in [0.717, 1.165) is 38.5 Å². The Morgan fingerprint density at radius 3 is 3.04 bits per heavy atom. The number of nitrogens with zero attached hydrogens (tertiary/aromatic N) is 3. The van der Waals surface area contributed by atoms with Crippen molar-refractivity contribution >= 4 is 11.8 Å². The van der Waals surface area contributed by atoms with Crippen LogP contribution >= 0.6 is 11.8 Å². The van der Waals surface area contributed by atoms with Crippen LogP contribution in [-0.2, 0) is 11.3 Å². The molecule has 23 heavy (non-hydrogen) atoms. The summed E-state index contributed by atoms with van der Waals surface area (Å²) in [5, 5.41) is 0.631. The van der Waals surface area contributed by atoms with Gasteiger partial charge in [-0.05, 0) is 25.5 Å². The summed E-state index contributed by atoms with van der Waals surface area (Å²) in [5.74, 6) is 2.25. The Balaban J connectivity index is 1.59. The highest BCUT2D eigenvalue weighted by Crippen LogP contribution is 2.31. The molecule has 0 spiro atoms. The highest BCUT2D eigenvalue weighted by atomic mass is 32.2. The van der Waals surface area contributed by atoms with E-state index in [1.807, 2.05) is 6.20 Å². The van der Waals surface area contributed by atoms with Crippen LogP contribution in [0.25, 0.3) is 5.69 Å². The molecule has 4 nitrogen and oxygen atoms in total. The first-order chi connectivity index (χ1) is 11.3. The van der Waals surface area contributed by atoms with E-state index in [1.54, 1.807) is 0 Å². The minimum atomic E-state index is 0.631. The van der Waals surface area contributed by atoms with Crippen molar-refractivity contribution in [3.05, 3.63) is 48.0 Å². The number of aryl methyl sites for hydroxylation is 1. The second-order valence-corrected chi connectivity index (χ2v) is 7.63. The zero-order valence-electron chi connectivity index (χ0n) is 13.5. The van der Waals surface area contributed by atoms with Crippen LogP contribution in [0.15, 0.2) is 36.5 Å². The van der Waals surface area contributed by atoms with Crippen molar-refractivity contribution in [2.24, 2.45) is 0 Å². The molecule has 0 saturated carbocycles. The zero-order chi connectivity index (χ0) is 15.6. The van der Waals surface area contributed by atoms with Crippen LogP contribution in [0, 0.1) is 6.92 Å². The van der Waals surface area contributed by atoms with E-state index >= 15 is 0 Å². The fourth-order valence-corrected chi connectivity index (χ4v) is 5.07. The Morgan fingerprint density at radius 1 is 1.30 bits per heavy atom. The quantitative estimate of drug-likeness (QED) is 0.866. The highest BCUT2D eigenvalue weighted by Gasteiger charge is 2.34. The monoisotopic (exact) mass is 329 g/mol. The molecule has 2 unspecified atom stereocenters. The molecule has 3 heterocycles. The maximum atomic E-state index is 5.67. The molecule has 0 N–H and O–H groups in total. The van der Waals surface area contributed by atoms with Crippen LogP contribution in [0.4, 0.5) is 0 Å². The van der Waals surface area contributed by atoms with Crippen molar-refractivity contribution in [2.75, 3.05) is 25.5 Å². The van der Waals surface area contributed by atoms with E-state index in [1.165, 1.54) is 17.1 Å². The highest BCUT2D eigenvalue weighted by molar-refractivity contribution is 8.00. The van der Waals surface area contributed by atoms with Crippen LogP contribution in [-0.4, -0.2) is 51.3 Å². The van der Waals surface area contributed by atoms with E-state index < -0.39 is 0 Å². The van der Waals surface area contributed by atoms with Crippen LogP contribution in [0.1, 0.15) is 17.9 Å². The summed E-state index contributed by atoms with van der Waals surface area (Å²) in [7, 11) is 0. The van der Waals surface area contributed by atoms with Gasteiger partial charge in [0, 0.05) is 42.4 Å². The largest absolute Gasteiger partial charge is 0.380 e. The summed E-state index contributed by atoms with van der Waals surface area (Å²) in [6.45, 7) is 6.01. The van der Waals surface area contributed by atoms with Gasteiger partial charge in [0.25, 0.3) is 0 Å². The maximum Gasteiger partial charge on any atom is 0.110 e. The summed E-state index contributed by atoms with van der Waals surface area (Å²) in [6, 6.07) is 11.2. The molecule has 2 fully saturated rings. The van der Waals surface area contributed by atoms with Gasteiger partial charge in [-0.25, -0.2) is 4.98 Å². The number of thioether (sulfide) groups is 1. The number of hydrogen-bond acceptors (Lipinski definition) is 4. The number of aromatic nitrogens is 2. The van der Waals surface area contributed by atoms with Crippen molar-refractivity contribution in [2.45, 2.75) is 31.2 Å². The van der Waals surface area contributed by atoms with Gasteiger partial charge in [-0.2, -0.15) is 11.8 Å². The Kier molecular flexibility index (Phi) is 4.42. The molecule has 2 aliphatic rings. The molecule has 122 valence electrons. The molecule has 2 atom stereocenters. The Labute approximate surface area is 141 Å². The molecule has 2 aromatic rings. The first-order valence-electron chi connectivity index (χ1n) is 8.35. The molecule has 0 radical (unpaired) electrons. The van der Waals surface area contributed by atoms with Crippen molar-refractivity contribution in [3.63, 3.8) is 0 Å². The van der Waals surface area contributed by atoms with Gasteiger partial charge >= 0.3 is 0 Å². The molecule has 0 amide bonds. The standard InChI is InChI=1S/C18H23N3OS/c1-14-19-11-16(21(14)15-5-3-2-4-6-15)12-20-8-10-23-18-13-22-9-7-17(18)20/h2-6,11,17-18H,7-10,12-13H2,1H3. The molecular formula is C18H23N3OS. The predicted octanol–water partition coefficient (Wildman–Crippen LogP) is 2.89. The fourth-order valence-electron chi connectivity index (χ4n) is 3.70. The molecule has 2 aliphatic heterocycles. The van der Waals surface area contributed by atoms with Gasteiger partial charge in [0.2, 0.25) is 0 Å². The lowest BCUT2D eigenvalue weighted by atomic mass is 10.1. The molecule has 5 heteroatoms. The molecule has 4 rings (SSSR count). The van der Waals surface area contributed by atoms with Crippen LogP contribution in [0.2, 0.25) is 0 Å². The number of benzene rings is 1. The summed E-state index contributed by atoms with van der Waals surface area (Å²) in [6.07, 6.45) is 3.19. The Morgan fingerprint density at radius 2 is 2.17 bits per heavy atom. The minimum Gasteiger partial charge on any atom is -0.380 e. The maximum absolute atomic E-state index is 5.67. The first-order valence-corrected chi connectivity index (χ1v) is 9.40. The van der Waals surface area contributed by atoms with Gasteiger partial charge in [0.15, 0.2) is 0 Å². The Hall–Kier alpha value is -1.30. The zero-order valence-corrected chi connectivity index (χ0v) is 14.3. The van der Waals surface area contributed by atoms with E-state index in [-0.39, 0.29) is 0 Å². The average Bonchev–Trinajstić information content (AvgIpc) is 2.96. The number of hydrogen-bond donors (Lipinski definition) is 0. The third-order valence-electron chi connectivity index (χ3n) is 4.84. The first kappa shape index (κ1) is 15.2. The lowest BCUT2D eigenvalue weighted by Crippen LogP contribution is -2.51. The van der Waals surface area contributed by atoms with E-state index in [4.69, 9.17) is 4.74 Å². The SMILES string of the molecule is Cc1ncc(CN2CCSC3COCCC32)n1-c1ccccc1. The fraction of sp³-hybridized carbons (Fsp3) is 0.500. The van der Waals surface area contributed by atoms with E-state index in [2.05, 4.69) is 63.5 Å². The van der Waals surface area contributed by atoms with Crippen molar-refractivity contribution in [1.82, 2.24) is 14.5 Å². The van der Waals surface area contributed by atoms with Crippen molar-refractivity contribution in [1.29, 1.82) is 0 Å². The van der Waals surface area contributed by atoms with E-state index in [9.17, 15) is 0 Å². The second kappa shape index (κ2) is 6.67. The smallest absolute Gasteiger partial charge is 0.110 e. The summed E-state index contributed by atoms with van der Waals surface area (Å²) in [4.78, 5) is 7.21. The van der Waals surface area contributed by atoms with Gasteiger partial charge in [-0.15, -0.1) is 0 Å². The molecule has 1 aromatic heterocycles. The third kappa shape index (κ3) is 3.05. The van der Waals surface area contributed by atoms with Gasteiger partial charge in [-0.1, -0.05) is 18.2 Å².